The lowest BCUT2D eigenvalue weighted by atomic mass is 9.55. The second kappa shape index (κ2) is 9.99. The third kappa shape index (κ3) is 5.00. The highest BCUT2D eigenvalue weighted by molar-refractivity contribution is 5.91. The van der Waals surface area contributed by atoms with Crippen LogP contribution in [-0.4, -0.2) is 53.2 Å². The molecule has 34 heavy (non-hydrogen) atoms. The lowest BCUT2D eigenvalue weighted by molar-refractivity contribution is -0.132. The number of β-amino-alcohol motifs (C(OH)–C–C–N with tert-alkyl or cyclic N) is 1. The average molecular weight is 465 g/mol. The maximum absolute atomic E-state index is 12.6. The van der Waals surface area contributed by atoms with Gasteiger partial charge >= 0.3 is 5.97 Å². The number of carbonyl (C=O) groups is 2. The highest BCUT2D eigenvalue weighted by atomic mass is 16.5. The summed E-state index contributed by atoms with van der Waals surface area (Å²) in [6.07, 6.45) is 10.8. The molecule has 1 aromatic heterocycles. The number of nitrogens with one attached hydrogen (secondary N) is 1. The predicted octanol–water partition coefficient (Wildman–Crippen LogP) is 3.45. The van der Waals surface area contributed by atoms with Crippen molar-refractivity contribution in [2.75, 3.05) is 19.6 Å². The Bertz CT molecular complexity index is 1060. The number of carbonyl (C=O) groups excluding carboxylic acids is 2. The van der Waals surface area contributed by atoms with Crippen molar-refractivity contribution >= 4 is 18.0 Å². The fourth-order valence-electron chi connectivity index (χ4n) is 5.53. The molecule has 2 heterocycles. The number of furan rings is 1. The summed E-state index contributed by atoms with van der Waals surface area (Å²) in [5, 5.41) is 15.2. The molecule has 7 heteroatoms. The van der Waals surface area contributed by atoms with E-state index in [1.807, 2.05) is 24.3 Å². The fraction of sp³-hybridized carbons (Fsp3) is 0.407. The number of nitrogens with zero attached hydrogens (tertiary/aromatic N) is 1. The van der Waals surface area contributed by atoms with Crippen LogP contribution in [0.3, 0.4) is 0 Å². The van der Waals surface area contributed by atoms with Crippen LogP contribution in [0.4, 0.5) is 0 Å². The van der Waals surface area contributed by atoms with E-state index in [0.717, 1.165) is 24.1 Å². The van der Waals surface area contributed by atoms with Gasteiger partial charge in [0.2, 0.25) is 5.91 Å². The topological polar surface area (TPSA) is 92.0 Å². The number of piperidine rings is 1. The average Bonchev–Trinajstić information content (AvgIpc) is 3.32. The molecular formula is C27H32N2O5. The molecule has 4 rings (SSSR count). The highest BCUT2D eigenvalue weighted by Gasteiger charge is 2.57. The SMILES string of the molecule is C=CCN1CC[C@@]2(c3cccc(OC(C)=O)c3)C[C@H](NC(=O)/C=C/c3ccoc3)CC[C@]2(O)C1. The summed E-state index contributed by atoms with van der Waals surface area (Å²) in [6.45, 7) is 7.26. The molecule has 180 valence electrons. The lowest BCUT2D eigenvalue weighted by Gasteiger charge is -2.58. The molecule has 0 radical (unpaired) electrons. The molecule has 1 amide bonds. The smallest absolute Gasteiger partial charge is 0.308 e. The minimum Gasteiger partial charge on any atom is -0.472 e. The normalized spacial score (nSPS) is 27.2. The number of amides is 1. The lowest BCUT2D eigenvalue weighted by Crippen LogP contribution is -2.67. The second-order valence-electron chi connectivity index (χ2n) is 9.35. The van der Waals surface area contributed by atoms with Crippen LogP contribution in [0, 0.1) is 0 Å². The molecule has 0 unspecified atom stereocenters. The molecule has 2 aliphatic rings. The third-order valence-electron chi connectivity index (χ3n) is 7.08. The summed E-state index contributed by atoms with van der Waals surface area (Å²) in [4.78, 5) is 26.4. The monoisotopic (exact) mass is 464 g/mol. The van der Waals surface area contributed by atoms with Gasteiger partial charge in [-0.25, -0.2) is 0 Å². The first-order chi connectivity index (χ1) is 16.3. The van der Waals surface area contributed by atoms with Crippen molar-refractivity contribution in [3.05, 3.63) is 72.7 Å². The number of hydrogen-bond acceptors (Lipinski definition) is 6. The Hall–Kier alpha value is -3.16. The Labute approximate surface area is 200 Å². The number of fused-ring (bicyclic) bond motifs is 1. The van der Waals surface area contributed by atoms with Crippen molar-refractivity contribution in [3.8, 4) is 5.75 Å². The van der Waals surface area contributed by atoms with Gasteiger partial charge in [0.1, 0.15) is 5.75 Å². The van der Waals surface area contributed by atoms with E-state index in [1.54, 1.807) is 30.7 Å². The standard InChI is InChI=1S/C27H32N2O5/c1-3-13-29-14-12-26(22-5-4-6-24(16-22)34-20(2)30)17-23(9-11-27(26,32)19-29)28-25(31)8-7-21-10-15-33-18-21/h3-8,10,15-16,18,23,32H,1,9,11-14,17,19H2,2H3,(H,28,31)/b8-7+/t23-,26+,27+/m1/s1. The first-order valence-corrected chi connectivity index (χ1v) is 11.7. The Morgan fingerprint density at radius 2 is 2.21 bits per heavy atom. The summed E-state index contributed by atoms with van der Waals surface area (Å²) in [5.41, 5.74) is 0.198. The number of likely N-dealkylation sites (tertiary alicyclic amines) is 1. The van der Waals surface area contributed by atoms with Crippen molar-refractivity contribution in [1.29, 1.82) is 0 Å². The van der Waals surface area contributed by atoms with Crippen LogP contribution in [-0.2, 0) is 15.0 Å². The highest BCUT2D eigenvalue weighted by Crippen LogP contribution is 2.52. The van der Waals surface area contributed by atoms with Gasteiger partial charge in [0.05, 0.1) is 18.1 Å². The molecule has 3 atom stereocenters. The zero-order valence-electron chi connectivity index (χ0n) is 19.5. The van der Waals surface area contributed by atoms with Crippen LogP contribution in [0.2, 0.25) is 0 Å². The largest absolute Gasteiger partial charge is 0.472 e. The predicted molar refractivity (Wildman–Crippen MR) is 129 cm³/mol. The molecule has 1 saturated carbocycles. The summed E-state index contributed by atoms with van der Waals surface area (Å²) in [7, 11) is 0. The number of rotatable bonds is 7. The Morgan fingerprint density at radius 1 is 1.35 bits per heavy atom. The van der Waals surface area contributed by atoms with E-state index in [9.17, 15) is 14.7 Å². The molecule has 1 aromatic carbocycles. The van der Waals surface area contributed by atoms with Gasteiger partial charge in [0.15, 0.2) is 0 Å². The first kappa shape index (κ1) is 24.0. The van der Waals surface area contributed by atoms with Crippen molar-refractivity contribution in [2.45, 2.75) is 49.7 Å². The number of hydrogen-bond donors (Lipinski definition) is 2. The zero-order valence-corrected chi connectivity index (χ0v) is 19.5. The van der Waals surface area contributed by atoms with E-state index >= 15 is 0 Å². The number of ether oxygens (including phenoxy) is 1. The minimum atomic E-state index is -0.975. The van der Waals surface area contributed by atoms with Gasteiger partial charge in [-0.15, -0.1) is 6.58 Å². The molecule has 2 N–H and O–H groups in total. The zero-order chi connectivity index (χ0) is 24.2. The van der Waals surface area contributed by atoms with E-state index in [-0.39, 0.29) is 17.9 Å². The van der Waals surface area contributed by atoms with Gasteiger partial charge < -0.3 is 19.6 Å². The summed E-state index contributed by atoms with van der Waals surface area (Å²) in [6, 6.07) is 9.14. The van der Waals surface area contributed by atoms with Crippen molar-refractivity contribution in [3.63, 3.8) is 0 Å². The molecule has 0 spiro atoms. The van der Waals surface area contributed by atoms with E-state index in [1.165, 1.54) is 13.0 Å². The number of benzene rings is 1. The van der Waals surface area contributed by atoms with Crippen LogP contribution in [0.5, 0.6) is 5.75 Å². The van der Waals surface area contributed by atoms with Gasteiger partial charge in [0, 0.05) is 43.1 Å². The van der Waals surface area contributed by atoms with Crippen molar-refractivity contribution in [2.24, 2.45) is 0 Å². The quantitative estimate of drug-likeness (QED) is 0.282. The molecule has 2 aromatic rings. The summed E-state index contributed by atoms with van der Waals surface area (Å²) < 4.78 is 10.4. The van der Waals surface area contributed by atoms with Crippen LogP contribution in [0.15, 0.2) is 66.0 Å². The van der Waals surface area contributed by atoms with Gasteiger partial charge in [-0.05, 0) is 62.1 Å². The number of esters is 1. The van der Waals surface area contributed by atoms with Crippen LogP contribution in [0.25, 0.3) is 6.08 Å². The van der Waals surface area contributed by atoms with Gasteiger partial charge in [-0.3, -0.25) is 14.5 Å². The molecule has 0 bridgehead atoms. The molecule has 1 saturated heterocycles. The molecular weight excluding hydrogens is 432 g/mol. The van der Waals surface area contributed by atoms with Gasteiger partial charge in [-0.2, -0.15) is 0 Å². The summed E-state index contributed by atoms with van der Waals surface area (Å²) in [5.74, 6) is -0.0992. The van der Waals surface area contributed by atoms with Crippen LogP contribution >= 0.6 is 0 Å². The Kier molecular flexibility index (Phi) is 7.05. The second-order valence-corrected chi connectivity index (χ2v) is 9.35. The maximum Gasteiger partial charge on any atom is 0.308 e. The van der Waals surface area contributed by atoms with Gasteiger partial charge in [0.25, 0.3) is 0 Å². The van der Waals surface area contributed by atoms with E-state index in [2.05, 4.69) is 16.8 Å². The minimum absolute atomic E-state index is 0.0925. The van der Waals surface area contributed by atoms with Crippen molar-refractivity contribution < 1.29 is 23.8 Å². The third-order valence-corrected chi connectivity index (χ3v) is 7.08. The molecule has 2 fully saturated rings. The Balaban J connectivity index is 1.60. The van der Waals surface area contributed by atoms with Crippen LogP contribution in [0.1, 0.15) is 43.7 Å². The molecule has 1 aliphatic carbocycles. The fourth-order valence-corrected chi connectivity index (χ4v) is 5.53. The van der Waals surface area contributed by atoms with Crippen molar-refractivity contribution in [1.82, 2.24) is 10.2 Å². The van der Waals surface area contributed by atoms with E-state index in [0.29, 0.717) is 38.1 Å². The summed E-state index contributed by atoms with van der Waals surface area (Å²) >= 11 is 0. The van der Waals surface area contributed by atoms with Gasteiger partial charge in [-0.1, -0.05) is 18.2 Å². The maximum atomic E-state index is 12.6. The Morgan fingerprint density at radius 3 is 2.94 bits per heavy atom. The van der Waals surface area contributed by atoms with E-state index < -0.39 is 11.0 Å². The van der Waals surface area contributed by atoms with E-state index in [4.69, 9.17) is 9.15 Å². The molecule has 7 nitrogen and oxygen atoms in total. The first-order valence-electron chi connectivity index (χ1n) is 11.7. The number of aliphatic hydroxyl groups is 1. The van der Waals surface area contributed by atoms with Crippen LogP contribution < -0.4 is 10.1 Å². The molecule has 1 aliphatic heterocycles.